The summed E-state index contributed by atoms with van der Waals surface area (Å²) in [5.41, 5.74) is -0.471. The van der Waals surface area contributed by atoms with E-state index in [9.17, 15) is 14.4 Å². The minimum atomic E-state index is -0.903. The van der Waals surface area contributed by atoms with Crippen molar-refractivity contribution in [2.45, 2.75) is 33.6 Å². The van der Waals surface area contributed by atoms with Crippen molar-refractivity contribution >= 4 is 17.8 Å². The third kappa shape index (κ3) is 2.89. The smallest absolute Gasteiger partial charge is 0.309 e. The van der Waals surface area contributed by atoms with Gasteiger partial charge in [-0.15, -0.1) is 0 Å². The maximum absolute atomic E-state index is 12.4. The van der Waals surface area contributed by atoms with Crippen LogP contribution in [0.15, 0.2) is 0 Å². The Hall–Kier alpha value is -1.59. The van der Waals surface area contributed by atoms with Gasteiger partial charge in [-0.3, -0.25) is 14.4 Å². The van der Waals surface area contributed by atoms with Crippen LogP contribution in [0.3, 0.4) is 0 Å². The van der Waals surface area contributed by atoms with Gasteiger partial charge >= 0.3 is 11.9 Å². The van der Waals surface area contributed by atoms with Crippen molar-refractivity contribution in [1.29, 1.82) is 0 Å². The highest BCUT2D eigenvalue weighted by atomic mass is 16.5. The maximum Gasteiger partial charge on any atom is 0.309 e. The molecule has 0 aromatic carbocycles. The highest BCUT2D eigenvalue weighted by molar-refractivity contribution is 5.91. The number of rotatable bonds is 4. The van der Waals surface area contributed by atoms with Crippen LogP contribution in [0.4, 0.5) is 0 Å². The Kier molecular flexibility index (Phi) is 4.25. The Labute approximate surface area is 124 Å². The molecular weight excluding hydrogens is 274 g/mol. The van der Waals surface area contributed by atoms with Crippen molar-refractivity contribution in [2.24, 2.45) is 23.2 Å². The van der Waals surface area contributed by atoms with E-state index in [4.69, 9.17) is 9.84 Å². The van der Waals surface area contributed by atoms with Gasteiger partial charge in [-0.05, 0) is 25.2 Å². The summed E-state index contributed by atoms with van der Waals surface area (Å²) in [6.45, 7) is 6.79. The number of likely N-dealkylation sites (tertiary alicyclic amines) is 1. The average molecular weight is 297 g/mol. The van der Waals surface area contributed by atoms with Gasteiger partial charge in [0.15, 0.2) is 0 Å². The van der Waals surface area contributed by atoms with Crippen LogP contribution in [0.5, 0.6) is 0 Å². The van der Waals surface area contributed by atoms with E-state index in [1.165, 1.54) is 0 Å². The number of piperidine rings is 1. The standard InChI is InChI=1S/C15H23NO5/c1-4-21-14(20)9-5-7-16(8-6-9)12(17)10-11(13(18)19)15(10,2)3/h9-11H,4-8H2,1-3H3,(H,18,19)/t10-,11-/m0/s1. The lowest BCUT2D eigenvalue weighted by atomic mass is 9.96. The van der Waals surface area contributed by atoms with Crippen LogP contribution in [0.25, 0.3) is 0 Å². The summed E-state index contributed by atoms with van der Waals surface area (Å²) in [5, 5.41) is 9.15. The van der Waals surface area contributed by atoms with E-state index in [1.807, 2.05) is 13.8 Å². The summed E-state index contributed by atoms with van der Waals surface area (Å²) in [7, 11) is 0. The molecule has 2 aliphatic rings. The zero-order valence-corrected chi connectivity index (χ0v) is 12.8. The summed E-state index contributed by atoms with van der Waals surface area (Å²) in [4.78, 5) is 37.0. The zero-order valence-electron chi connectivity index (χ0n) is 12.8. The van der Waals surface area contributed by atoms with Gasteiger partial charge in [0.05, 0.1) is 24.4 Å². The van der Waals surface area contributed by atoms with Gasteiger partial charge in [0.2, 0.25) is 5.91 Å². The molecule has 2 atom stereocenters. The molecule has 2 fully saturated rings. The van der Waals surface area contributed by atoms with Crippen LogP contribution in [0.2, 0.25) is 0 Å². The number of hydrogen-bond acceptors (Lipinski definition) is 4. The molecule has 0 spiro atoms. The van der Waals surface area contributed by atoms with Crippen molar-refractivity contribution in [1.82, 2.24) is 4.90 Å². The van der Waals surface area contributed by atoms with Crippen molar-refractivity contribution in [3.63, 3.8) is 0 Å². The number of carbonyl (C=O) groups excluding carboxylic acids is 2. The lowest BCUT2D eigenvalue weighted by molar-refractivity contribution is -0.151. The highest BCUT2D eigenvalue weighted by Crippen LogP contribution is 2.59. The minimum Gasteiger partial charge on any atom is -0.481 e. The van der Waals surface area contributed by atoms with Crippen LogP contribution in [0, 0.1) is 23.2 Å². The van der Waals surface area contributed by atoms with Crippen LogP contribution in [0.1, 0.15) is 33.6 Å². The second kappa shape index (κ2) is 5.66. The van der Waals surface area contributed by atoms with Gasteiger partial charge in [0, 0.05) is 13.1 Å². The molecule has 1 aliphatic carbocycles. The summed E-state index contributed by atoms with van der Waals surface area (Å²) in [6, 6.07) is 0. The van der Waals surface area contributed by atoms with Crippen molar-refractivity contribution < 1.29 is 24.2 Å². The predicted molar refractivity (Wildman–Crippen MR) is 74.3 cm³/mol. The van der Waals surface area contributed by atoms with E-state index in [0.717, 1.165) is 0 Å². The van der Waals surface area contributed by atoms with Gasteiger partial charge in [0.25, 0.3) is 0 Å². The Bertz CT molecular complexity index is 451. The quantitative estimate of drug-likeness (QED) is 0.787. The zero-order chi connectivity index (χ0) is 15.8. The normalized spacial score (nSPS) is 28.0. The first kappa shape index (κ1) is 15.8. The highest BCUT2D eigenvalue weighted by Gasteiger charge is 2.66. The number of carbonyl (C=O) groups is 3. The second-order valence-electron chi connectivity index (χ2n) is 6.47. The van der Waals surface area contributed by atoms with Crippen molar-refractivity contribution in [2.75, 3.05) is 19.7 Å². The summed E-state index contributed by atoms with van der Waals surface area (Å²) in [6.07, 6.45) is 1.19. The molecule has 0 unspecified atom stereocenters. The molecule has 6 nitrogen and oxygen atoms in total. The van der Waals surface area contributed by atoms with Crippen molar-refractivity contribution in [3.05, 3.63) is 0 Å². The molecule has 1 saturated carbocycles. The number of nitrogens with zero attached hydrogens (tertiary/aromatic N) is 1. The number of aliphatic carboxylic acids is 1. The van der Waals surface area contributed by atoms with Crippen LogP contribution >= 0.6 is 0 Å². The van der Waals surface area contributed by atoms with Gasteiger partial charge in [-0.25, -0.2) is 0 Å². The molecule has 21 heavy (non-hydrogen) atoms. The molecule has 1 saturated heterocycles. The fraction of sp³-hybridized carbons (Fsp3) is 0.800. The lowest BCUT2D eigenvalue weighted by Crippen LogP contribution is -2.42. The van der Waals surface area contributed by atoms with Crippen molar-refractivity contribution in [3.8, 4) is 0 Å². The van der Waals surface area contributed by atoms with E-state index in [0.29, 0.717) is 32.5 Å². The van der Waals surface area contributed by atoms with Gasteiger partial charge < -0.3 is 14.7 Å². The molecule has 0 radical (unpaired) electrons. The fourth-order valence-electron chi connectivity index (χ4n) is 3.35. The van der Waals surface area contributed by atoms with Crippen LogP contribution in [-0.4, -0.2) is 47.5 Å². The minimum absolute atomic E-state index is 0.0882. The summed E-state index contributed by atoms with van der Waals surface area (Å²) < 4.78 is 5.00. The van der Waals surface area contributed by atoms with E-state index < -0.39 is 23.2 Å². The summed E-state index contributed by atoms with van der Waals surface area (Å²) in [5.74, 6) is -2.35. The van der Waals surface area contributed by atoms with E-state index in [-0.39, 0.29) is 17.8 Å². The van der Waals surface area contributed by atoms with E-state index >= 15 is 0 Å². The molecule has 1 amide bonds. The summed E-state index contributed by atoms with van der Waals surface area (Å²) >= 11 is 0. The first-order valence-corrected chi connectivity index (χ1v) is 7.49. The number of amides is 1. The number of carboxylic acids is 1. The molecule has 6 heteroatoms. The molecule has 0 aromatic rings. The number of ether oxygens (including phenoxy) is 1. The number of hydrogen-bond donors (Lipinski definition) is 1. The Morgan fingerprint density at radius 2 is 1.76 bits per heavy atom. The second-order valence-corrected chi connectivity index (χ2v) is 6.47. The van der Waals surface area contributed by atoms with Gasteiger partial charge in [-0.1, -0.05) is 13.8 Å². The third-order valence-corrected chi connectivity index (χ3v) is 4.79. The van der Waals surface area contributed by atoms with Crippen LogP contribution in [-0.2, 0) is 19.1 Å². The molecule has 118 valence electrons. The lowest BCUT2D eigenvalue weighted by Gasteiger charge is -2.31. The molecule has 1 N–H and O–H groups in total. The number of carboxylic acid groups (broad SMARTS) is 1. The topological polar surface area (TPSA) is 83.9 Å². The monoisotopic (exact) mass is 297 g/mol. The maximum atomic E-state index is 12.4. The Morgan fingerprint density at radius 3 is 2.19 bits per heavy atom. The van der Waals surface area contributed by atoms with Gasteiger partial charge in [0.1, 0.15) is 0 Å². The molecular formula is C15H23NO5. The molecule has 0 aromatic heterocycles. The first-order valence-electron chi connectivity index (χ1n) is 7.49. The molecule has 1 aliphatic heterocycles. The third-order valence-electron chi connectivity index (χ3n) is 4.79. The average Bonchev–Trinajstić information content (AvgIpc) is 3.01. The first-order chi connectivity index (χ1) is 9.80. The number of esters is 1. The molecule has 2 rings (SSSR count). The largest absolute Gasteiger partial charge is 0.481 e. The van der Waals surface area contributed by atoms with Crippen LogP contribution < -0.4 is 0 Å². The van der Waals surface area contributed by atoms with Gasteiger partial charge in [-0.2, -0.15) is 0 Å². The SMILES string of the molecule is CCOC(=O)C1CCN(C(=O)[C@@H]2[C@@H](C(=O)O)C2(C)C)CC1. The Morgan fingerprint density at radius 1 is 1.19 bits per heavy atom. The fourth-order valence-corrected chi connectivity index (χ4v) is 3.35. The molecule has 0 bridgehead atoms. The molecule has 1 heterocycles. The Balaban J connectivity index is 1.90. The predicted octanol–water partition coefficient (Wildman–Crippen LogP) is 1.14. The van der Waals surface area contributed by atoms with E-state index in [1.54, 1.807) is 11.8 Å². The van der Waals surface area contributed by atoms with E-state index in [2.05, 4.69) is 0 Å².